The number of allylic oxidation sites excluding steroid dienone is 10. The Kier molecular flexibility index (Phi) is 36.3. The average molecular weight is 769 g/mol. The van der Waals surface area contributed by atoms with Crippen LogP contribution in [-0.2, 0) is 32.7 Å². The second-order valence-electron chi connectivity index (χ2n) is 13.3. The number of phosphoric acid groups is 1. The van der Waals surface area contributed by atoms with Gasteiger partial charge < -0.3 is 24.6 Å². The van der Waals surface area contributed by atoms with Crippen molar-refractivity contribution in [1.82, 2.24) is 0 Å². The Morgan fingerprint density at radius 1 is 0.566 bits per heavy atom. The predicted molar refractivity (Wildman–Crippen MR) is 214 cm³/mol. The van der Waals surface area contributed by atoms with Crippen molar-refractivity contribution < 1.29 is 47.8 Å². The molecule has 0 fully saturated rings. The standard InChI is InChI=1S/C42H73O10P/c1-3-5-7-9-11-13-15-16-17-18-19-20-21-22-24-26-28-30-32-34-42(46)52-40(38-51-53(47,48)50-36-39(44)35-43)37-49-41(45)33-31-29-27-25-23-14-12-10-8-6-4-2/h10-13,16-17,19-20,22,24,39-40,43-44H,3-9,14-15,18,21,23,25-38H2,1-2H3,(H,47,48)/b12-10+,13-11+,17-16+,20-19+,24-22+/t39-,40+/m0/s1. The number of ether oxygens (including phenoxy) is 2. The lowest BCUT2D eigenvalue weighted by Crippen LogP contribution is -2.29. The van der Waals surface area contributed by atoms with Crippen molar-refractivity contribution in [3.8, 4) is 0 Å². The topological polar surface area (TPSA) is 149 Å². The fraction of sp³-hybridized carbons (Fsp3) is 0.714. The van der Waals surface area contributed by atoms with Crippen LogP contribution in [0.5, 0.6) is 0 Å². The highest BCUT2D eigenvalue weighted by Gasteiger charge is 2.27. The van der Waals surface area contributed by atoms with E-state index in [0.717, 1.165) is 77.0 Å². The molecule has 0 aliphatic heterocycles. The zero-order valence-corrected chi connectivity index (χ0v) is 33.9. The quantitative estimate of drug-likeness (QED) is 0.0241. The normalized spacial score (nSPS) is 14.6. The lowest BCUT2D eigenvalue weighted by molar-refractivity contribution is -0.161. The number of esters is 2. The molecule has 1 unspecified atom stereocenters. The zero-order valence-electron chi connectivity index (χ0n) is 33.0. The van der Waals surface area contributed by atoms with E-state index in [1.54, 1.807) is 0 Å². The van der Waals surface area contributed by atoms with Gasteiger partial charge in [0.15, 0.2) is 6.10 Å². The molecular weight excluding hydrogens is 695 g/mol. The van der Waals surface area contributed by atoms with Crippen molar-refractivity contribution in [1.29, 1.82) is 0 Å². The van der Waals surface area contributed by atoms with Crippen molar-refractivity contribution >= 4 is 19.8 Å². The molecule has 0 spiro atoms. The number of hydrogen-bond donors (Lipinski definition) is 3. The van der Waals surface area contributed by atoms with Gasteiger partial charge in [-0.05, 0) is 77.0 Å². The Labute approximate surface area is 321 Å². The molecule has 53 heavy (non-hydrogen) atoms. The summed E-state index contributed by atoms with van der Waals surface area (Å²) in [5.41, 5.74) is 0. The molecule has 0 heterocycles. The lowest BCUT2D eigenvalue weighted by atomic mass is 10.1. The predicted octanol–water partition coefficient (Wildman–Crippen LogP) is 10.3. The van der Waals surface area contributed by atoms with Crippen molar-refractivity contribution in [3.63, 3.8) is 0 Å². The lowest BCUT2D eigenvalue weighted by Gasteiger charge is -2.20. The highest BCUT2D eigenvalue weighted by Crippen LogP contribution is 2.43. The summed E-state index contributed by atoms with van der Waals surface area (Å²) in [4.78, 5) is 34.8. The van der Waals surface area contributed by atoms with E-state index < -0.39 is 51.8 Å². The van der Waals surface area contributed by atoms with Crippen molar-refractivity contribution in [2.75, 3.05) is 26.4 Å². The van der Waals surface area contributed by atoms with Gasteiger partial charge in [0.25, 0.3) is 0 Å². The Morgan fingerprint density at radius 3 is 1.57 bits per heavy atom. The maximum absolute atomic E-state index is 12.6. The van der Waals surface area contributed by atoms with Crippen molar-refractivity contribution in [3.05, 3.63) is 60.8 Å². The maximum Gasteiger partial charge on any atom is 0.472 e. The molecule has 0 aromatic rings. The average Bonchev–Trinajstić information content (AvgIpc) is 3.14. The van der Waals surface area contributed by atoms with Crippen LogP contribution < -0.4 is 0 Å². The Morgan fingerprint density at radius 2 is 1.00 bits per heavy atom. The molecule has 0 aromatic heterocycles. The van der Waals surface area contributed by atoms with Crippen LogP contribution in [-0.4, -0.2) is 65.7 Å². The van der Waals surface area contributed by atoms with E-state index in [-0.39, 0.29) is 19.4 Å². The van der Waals surface area contributed by atoms with Crippen LogP contribution in [0.3, 0.4) is 0 Å². The van der Waals surface area contributed by atoms with E-state index >= 15 is 0 Å². The highest BCUT2D eigenvalue weighted by atomic mass is 31.2. The molecule has 306 valence electrons. The van der Waals surface area contributed by atoms with Crippen LogP contribution in [0.4, 0.5) is 0 Å². The Hall–Kier alpha value is -2.33. The fourth-order valence-corrected chi connectivity index (χ4v) is 5.74. The number of carbonyl (C=O) groups excluding carboxylic acids is 2. The molecule has 3 N–H and O–H groups in total. The second kappa shape index (κ2) is 38.0. The summed E-state index contributed by atoms with van der Waals surface area (Å²) in [6.07, 6.45) is 40.5. The van der Waals surface area contributed by atoms with E-state index in [9.17, 15) is 24.2 Å². The molecule has 0 bridgehead atoms. The third-order valence-electron chi connectivity index (χ3n) is 8.14. The summed E-state index contributed by atoms with van der Waals surface area (Å²) >= 11 is 0. The summed E-state index contributed by atoms with van der Waals surface area (Å²) in [6, 6.07) is 0. The molecular formula is C42H73O10P. The molecule has 0 aromatic carbocycles. The van der Waals surface area contributed by atoms with Gasteiger partial charge in [-0.2, -0.15) is 0 Å². The first-order chi connectivity index (χ1) is 25.7. The van der Waals surface area contributed by atoms with Crippen molar-refractivity contribution in [2.45, 2.75) is 167 Å². The van der Waals surface area contributed by atoms with Gasteiger partial charge in [-0.1, -0.05) is 126 Å². The largest absolute Gasteiger partial charge is 0.472 e. The van der Waals surface area contributed by atoms with Crippen LogP contribution >= 0.6 is 7.82 Å². The van der Waals surface area contributed by atoms with E-state index in [1.807, 2.05) is 0 Å². The molecule has 3 atom stereocenters. The number of hydrogen-bond acceptors (Lipinski definition) is 9. The summed E-state index contributed by atoms with van der Waals surface area (Å²) in [6.45, 7) is 2.24. The van der Waals surface area contributed by atoms with Gasteiger partial charge in [-0.3, -0.25) is 18.6 Å². The van der Waals surface area contributed by atoms with Crippen LogP contribution in [0.25, 0.3) is 0 Å². The summed E-state index contributed by atoms with van der Waals surface area (Å²) in [5.74, 6) is -0.978. The van der Waals surface area contributed by atoms with Crippen LogP contribution in [0.1, 0.15) is 155 Å². The van der Waals surface area contributed by atoms with Gasteiger partial charge in [0.05, 0.1) is 19.8 Å². The molecule has 0 aliphatic rings. The number of rotatable bonds is 37. The fourth-order valence-electron chi connectivity index (χ4n) is 4.96. The van der Waals surface area contributed by atoms with E-state index in [2.05, 4.69) is 79.1 Å². The van der Waals surface area contributed by atoms with Crippen LogP contribution in [0.2, 0.25) is 0 Å². The maximum atomic E-state index is 12.6. The minimum absolute atomic E-state index is 0.142. The molecule has 0 saturated carbocycles. The molecule has 0 rings (SSSR count). The van der Waals surface area contributed by atoms with Crippen LogP contribution in [0, 0.1) is 0 Å². The highest BCUT2D eigenvalue weighted by molar-refractivity contribution is 7.47. The minimum Gasteiger partial charge on any atom is -0.462 e. The van der Waals surface area contributed by atoms with E-state index in [1.165, 1.54) is 38.5 Å². The first-order valence-corrected chi connectivity index (χ1v) is 21.7. The summed E-state index contributed by atoms with van der Waals surface area (Å²) in [7, 11) is -4.63. The number of carbonyl (C=O) groups is 2. The monoisotopic (exact) mass is 768 g/mol. The Balaban J connectivity index is 4.41. The molecule has 0 aliphatic carbocycles. The van der Waals surface area contributed by atoms with Gasteiger partial charge in [-0.15, -0.1) is 0 Å². The van der Waals surface area contributed by atoms with Gasteiger partial charge in [0.1, 0.15) is 12.7 Å². The minimum atomic E-state index is -4.63. The second-order valence-corrected chi connectivity index (χ2v) is 14.8. The Bertz CT molecular complexity index is 1070. The van der Waals surface area contributed by atoms with Crippen molar-refractivity contribution in [2.24, 2.45) is 0 Å². The molecule has 0 amide bonds. The third kappa shape index (κ3) is 37.8. The number of phosphoric ester groups is 1. The third-order valence-corrected chi connectivity index (χ3v) is 9.10. The molecule has 11 heteroatoms. The van der Waals surface area contributed by atoms with Gasteiger partial charge in [0, 0.05) is 12.8 Å². The van der Waals surface area contributed by atoms with E-state index in [4.69, 9.17) is 19.1 Å². The first kappa shape index (κ1) is 50.7. The number of aliphatic hydroxyl groups excluding tert-OH is 2. The smallest absolute Gasteiger partial charge is 0.462 e. The van der Waals surface area contributed by atoms with Gasteiger partial charge in [0.2, 0.25) is 0 Å². The SMILES string of the molecule is CCCC/C=C/CCCCCCCC(=O)OC[C@H](COP(=O)(O)OC[C@@H](O)CO)OC(=O)CCCCC/C=C/C/C=C/C/C=C/C/C=C/CCCCC. The summed E-state index contributed by atoms with van der Waals surface area (Å²) < 4.78 is 32.6. The first-order valence-electron chi connectivity index (χ1n) is 20.2. The zero-order chi connectivity index (χ0) is 39.1. The number of aliphatic hydroxyl groups is 2. The van der Waals surface area contributed by atoms with Crippen LogP contribution in [0.15, 0.2) is 60.8 Å². The van der Waals surface area contributed by atoms with Gasteiger partial charge >= 0.3 is 19.8 Å². The van der Waals surface area contributed by atoms with E-state index in [0.29, 0.717) is 12.8 Å². The molecule has 0 radical (unpaired) electrons. The van der Waals surface area contributed by atoms with Gasteiger partial charge in [-0.25, -0.2) is 4.57 Å². The number of unbranched alkanes of at least 4 members (excludes halogenated alkanes) is 13. The molecule has 10 nitrogen and oxygen atoms in total. The summed E-state index contributed by atoms with van der Waals surface area (Å²) in [5, 5.41) is 18.3. The molecule has 0 saturated heterocycles.